The molecule has 8 nitrogen and oxygen atoms in total. The van der Waals surface area contributed by atoms with Crippen molar-refractivity contribution in [2.75, 3.05) is 18.1 Å². The highest BCUT2D eigenvalue weighted by atomic mass is 32.1. The van der Waals surface area contributed by atoms with Crippen LogP contribution >= 0.6 is 11.3 Å². The Morgan fingerprint density at radius 2 is 1.82 bits per heavy atom. The summed E-state index contributed by atoms with van der Waals surface area (Å²) < 4.78 is 17.2. The van der Waals surface area contributed by atoms with E-state index in [2.05, 4.69) is 4.98 Å². The smallest absolute Gasteiger partial charge is 0.301 e. The fourth-order valence-corrected chi connectivity index (χ4v) is 5.21. The second kappa shape index (κ2) is 10.0. The molecule has 6 rings (SSSR count). The molecule has 0 spiro atoms. The molecule has 190 valence electrons. The number of Topliss-reactive ketones (excluding diaryl/α,β-unsaturated/α-hetero) is 1. The number of fused-ring (bicyclic) bond motifs is 1. The van der Waals surface area contributed by atoms with Crippen LogP contribution in [0, 0.1) is 0 Å². The van der Waals surface area contributed by atoms with E-state index in [1.165, 1.54) is 16.2 Å². The van der Waals surface area contributed by atoms with Crippen molar-refractivity contribution in [3.63, 3.8) is 0 Å². The standard InChI is InChI=1S/C29H22N2O6S/c32-26(20-9-10-22-23(16-20)36-13-12-35-22)24-25(31(28(34)27(24)33)29-30-11-14-38-29)19-7-4-8-21(15-19)37-17-18-5-2-1-3-6-18/h1-11,14-16,25,32H,12-13,17H2/t25-/m0/s1. The Labute approximate surface area is 222 Å². The maximum Gasteiger partial charge on any atom is 0.301 e. The number of ether oxygens (including phenoxy) is 3. The molecule has 9 heteroatoms. The second-order valence-corrected chi connectivity index (χ2v) is 9.56. The summed E-state index contributed by atoms with van der Waals surface area (Å²) in [6.45, 7) is 1.16. The number of benzene rings is 3. The fourth-order valence-electron chi connectivity index (χ4n) is 4.54. The van der Waals surface area contributed by atoms with E-state index in [-0.39, 0.29) is 11.3 Å². The van der Waals surface area contributed by atoms with Crippen LogP contribution in [0.15, 0.2) is 89.9 Å². The first-order valence-corrected chi connectivity index (χ1v) is 12.9. The van der Waals surface area contributed by atoms with E-state index in [0.29, 0.717) is 53.3 Å². The number of carbonyl (C=O) groups is 2. The highest BCUT2D eigenvalue weighted by Crippen LogP contribution is 2.44. The summed E-state index contributed by atoms with van der Waals surface area (Å²) >= 11 is 1.23. The van der Waals surface area contributed by atoms with Crippen molar-refractivity contribution in [1.82, 2.24) is 4.98 Å². The number of hydrogen-bond donors (Lipinski definition) is 1. The fraction of sp³-hybridized carbons (Fsp3) is 0.138. The first-order valence-electron chi connectivity index (χ1n) is 12.0. The van der Waals surface area contributed by atoms with Crippen molar-refractivity contribution in [3.8, 4) is 17.2 Å². The number of aliphatic hydroxyl groups is 1. The van der Waals surface area contributed by atoms with Gasteiger partial charge in [0.15, 0.2) is 16.6 Å². The van der Waals surface area contributed by atoms with E-state index in [9.17, 15) is 14.7 Å². The lowest BCUT2D eigenvalue weighted by atomic mass is 9.95. The Bertz CT molecular complexity index is 1530. The second-order valence-electron chi connectivity index (χ2n) is 8.69. The molecule has 0 radical (unpaired) electrons. The van der Waals surface area contributed by atoms with Crippen LogP contribution in [0.5, 0.6) is 17.2 Å². The Balaban J connectivity index is 1.43. The Kier molecular flexibility index (Phi) is 6.27. The van der Waals surface area contributed by atoms with Gasteiger partial charge >= 0.3 is 5.91 Å². The highest BCUT2D eigenvalue weighted by Gasteiger charge is 2.48. The number of nitrogens with zero attached hydrogens (tertiary/aromatic N) is 2. The van der Waals surface area contributed by atoms with Crippen molar-refractivity contribution in [3.05, 3.63) is 107 Å². The quantitative estimate of drug-likeness (QED) is 0.212. The molecule has 0 aliphatic carbocycles. The summed E-state index contributed by atoms with van der Waals surface area (Å²) in [5.41, 5.74) is 1.91. The van der Waals surface area contributed by atoms with Gasteiger partial charge in [-0.2, -0.15) is 0 Å². The number of carbonyl (C=O) groups excluding carboxylic acids is 2. The van der Waals surface area contributed by atoms with Gasteiger partial charge in [0.05, 0.1) is 11.6 Å². The lowest BCUT2D eigenvalue weighted by Crippen LogP contribution is -2.29. The van der Waals surface area contributed by atoms with Crippen molar-refractivity contribution in [1.29, 1.82) is 0 Å². The predicted molar refractivity (Wildman–Crippen MR) is 142 cm³/mol. The van der Waals surface area contributed by atoms with E-state index in [0.717, 1.165) is 5.56 Å². The zero-order valence-corrected chi connectivity index (χ0v) is 20.9. The van der Waals surface area contributed by atoms with E-state index in [4.69, 9.17) is 14.2 Å². The largest absolute Gasteiger partial charge is 0.507 e. The summed E-state index contributed by atoms with van der Waals surface area (Å²) in [6, 6.07) is 20.9. The Morgan fingerprint density at radius 1 is 1.00 bits per heavy atom. The van der Waals surface area contributed by atoms with Crippen molar-refractivity contribution < 1.29 is 28.9 Å². The molecule has 3 aromatic carbocycles. The summed E-state index contributed by atoms with van der Waals surface area (Å²) in [4.78, 5) is 32.3. The average Bonchev–Trinajstić information content (AvgIpc) is 3.58. The summed E-state index contributed by atoms with van der Waals surface area (Å²) in [5, 5.41) is 13.5. The molecule has 1 atom stereocenters. The predicted octanol–water partition coefficient (Wildman–Crippen LogP) is 5.12. The molecule has 1 aromatic heterocycles. The molecule has 1 amide bonds. The maximum atomic E-state index is 13.4. The van der Waals surface area contributed by atoms with Gasteiger partial charge in [-0.15, -0.1) is 11.3 Å². The monoisotopic (exact) mass is 526 g/mol. The number of thiazole rings is 1. The van der Waals surface area contributed by atoms with Gasteiger partial charge in [-0.3, -0.25) is 14.5 Å². The molecule has 1 N–H and O–H groups in total. The molecule has 4 aromatic rings. The SMILES string of the molecule is O=C1C(=O)N(c2nccs2)[C@@H](c2cccc(OCc3ccccc3)c2)C1=C(O)c1ccc2c(c1)OCCO2. The van der Waals surface area contributed by atoms with Gasteiger partial charge in [0.1, 0.15) is 31.3 Å². The third-order valence-corrected chi connectivity index (χ3v) is 7.08. The highest BCUT2D eigenvalue weighted by molar-refractivity contribution is 7.14. The van der Waals surface area contributed by atoms with E-state index in [1.54, 1.807) is 48.0 Å². The zero-order valence-electron chi connectivity index (χ0n) is 20.1. The summed E-state index contributed by atoms with van der Waals surface area (Å²) in [5.74, 6) is -0.290. The number of ketones is 1. The minimum absolute atomic E-state index is 0.0397. The first-order chi connectivity index (χ1) is 18.6. The number of anilines is 1. The average molecular weight is 527 g/mol. The molecule has 2 aliphatic rings. The number of aliphatic hydroxyl groups excluding tert-OH is 1. The molecular formula is C29H22N2O6S. The topological polar surface area (TPSA) is 98.2 Å². The van der Waals surface area contributed by atoms with Crippen LogP contribution in [0.4, 0.5) is 5.13 Å². The molecular weight excluding hydrogens is 504 g/mol. The first kappa shape index (κ1) is 23.7. The maximum absolute atomic E-state index is 13.4. The molecule has 38 heavy (non-hydrogen) atoms. The lowest BCUT2D eigenvalue weighted by molar-refractivity contribution is -0.132. The third kappa shape index (κ3) is 4.37. The van der Waals surface area contributed by atoms with E-state index >= 15 is 0 Å². The van der Waals surface area contributed by atoms with E-state index in [1.807, 2.05) is 36.4 Å². The number of amides is 1. The van der Waals surface area contributed by atoms with Crippen molar-refractivity contribution in [2.24, 2.45) is 0 Å². The van der Waals surface area contributed by atoms with Crippen molar-refractivity contribution >= 4 is 33.9 Å². The lowest BCUT2D eigenvalue weighted by Gasteiger charge is -2.23. The van der Waals surface area contributed by atoms with Crippen LogP contribution in [-0.2, 0) is 16.2 Å². The summed E-state index contributed by atoms with van der Waals surface area (Å²) in [6.07, 6.45) is 1.57. The minimum atomic E-state index is -0.908. The Hall–Kier alpha value is -4.63. The van der Waals surface area contributed by atoms with E-state index < -0.39 is 17.7 Å². The molecule has 1 saturated heterocycles. The van der Waals surface area contributed by atoms with Crippen LogP contribution < -0.4 is 19.1 Å². The van der Waals surface area contributed by atoms with Crippen LogP contribution in [0.1, 0.15) is 22.7 Å². The van der Waals surface area contributed by atoms with Crippen LogP contribution in [0.3, 0.4) is 0 Å². The molecule has 3 heterocycles. The summed E-state index contributed by atoms with van der Waals surface area (Å²) in [7, 11) is 0. The van der Waals surface area contributed by atoms with Crippen LogP contribution in [0.2, 0.25) is 0 Å². The zero-order chi connectivity index (χ0) is 26.1. The van der Waals surface area contributed by atoms with Gasteiger partial charge in [0.2, 0.25) is 0 Å². The normalized spacial score (nSPS) is 18.0. The van der Waals surface area contributed by atoms with Gasteiger partial charge in [-0.25, -0.2) is 4.98 Å². The minimum Gasteiger partial charge on any atom is -0.507 e. The van der Waals surface area contributed by atoms with Gasteiger partial charge < -0.3 is 19.3 Å². The molecule has 2 aliphatic heterocycles. The third-order valence-electron chi connectivity index (χ3n) is 6.31. The number of hydrogen-bond acceptors (Lipinski definition) is 8. The van der Waals surface area contributed by atoms with Crippen LogP contribution in [-0.4, -0.2) is 35.0 Å². The van der Waals surface area contributed by atoms with Gasteiger partial charge in [0.25, 0.3) is 5.78 Å². The Morgan fingerprint density at radius 3 is 2.61 bits per heavy atom. The van der Waals surface area contributed by atoms with Gasteiger partial charge in [-0.1, -0.05) is 42.5 Å². The molecule has 0 saturated carbocycles. The number of aromatic nitrogens is 1. The molecule has 0 unspecified atom stereocenters. The van der Waals surface area contributed by atoms with Gasteiger partial charge in [0, 0.05) is 17.1 Å². The van der Waals surface area contributed by atoms with Gasteiger partial charge in [-0.05, 0) is 41.5 Å². The van der Waals surface area contributed by atoms with Crippen molar-refractivity contribution in [2.45, 2.75) is 12.6 Å². The molecule has 0 bridgehead atoms. The number of rotatable bonds is 6. The molecule has 1 fully saturated rings. The van der Waals surface area contributed by atoms with Crippen LogP contribution in [0.25, 0.3) is 5.76 Å².